The second-order valence-electron chi connectivity index (χ2n) is 9.38. The monoisotopic (exact) mass is 481 g/mol. The number of amides is 3. The number of nitrogens with one attached hydrogen (secondary N) is 3. The minimum Gasteiger partial charge on any atom is -0.371 e. The molecule has 2 aromatic rings. The molecule has 1 heterocycles. The predicted octanol–water partition coefficient (Wildman–Crippen LogP) is 3.50. The number of aliphatic hydroxyl groups excluding tert-OH is 1. The maximum atomic E-state index is 14.2. The van der Waals surface area contributed by atoms with Crippen LogP contribution in [0.2, 0.25) is 0 Å². The molecular weight excluding hydrogens is 461 g/mol. The molecule has 3 amide bonds. The van der Waals surface area contributed by atoms with Crippen LogP contribution in [0.25, 0.3) is 11.1 Å². The Morgan fingerprint density at radius 1 is 1.12 bits per heavy atom. The van der Waals surface area contributed by atoms with Gasteiger partial charge < -0.3 is 21.1 Å². The Morgan fingerprint density at radius 3 is 2.29 bits per heavy atom. The second kappa shape index (κ2) is 7.14. The smallest absolute Gasteiger partial charge is 0.371 e. The van der Waals surface area contributed by atoms with Crippen LogP contribution in [0.4, 0.5) is 26.7 Å². The highest BCUT2D eigenvalue weighted by Gasteiger charge is 2.79. The largest absolute Gasteiger partial charge is 0.416 e. The van der Waals surface area contributed by atoms with E-state index in [1.165, 1.54) is 6.07 Å². The first-order valence-corrected chi connectivity index (χ1v) is 10.6. The standard InChI is InChI=1S/C23H20F5N3O3/c24-14-5-6-15(16(7-14)12-1-3-13(4-2-12)23(26,27)28)17(32)29-11-22(18(33)30-19(34)31-22)20-8-21(25,9-20)10-20/h1-7,18,33H,8-11H2,(H,29,32)(H2,30,31,34). The van der Waals surface area contributed by atoms with Crippen LogP contribution in [0.15, 0.2) is 42.5 Å². The first-order valence-electron chi connectivity index (χ1n) is 10.6. The summed E-state index contributed by atoms with van der Waals surface area (Å²) >= 11 is 0. The molecule has 2 unspecified atom stereocenters. The zero-order chi connectivity index (χ0) is 24.5. The van der Waals surface area contributed by atoms with Crippen molar-refractivity contribution in [2.75, 3.05) is 6.54 Å². The van der Waals surface area contributed by atoms with Gasteiger partial charge in [-0.3, -0.25) is 4.79 Å². The highest BCUT2D eigenvalue weighted by atomic mass is 19.4. The third kappa shape index (κ3) is 3.32. The molecule has 2 bridgehead atoms. The fourth-order valence-corrected chi connectivity index (χ4v) is 5.55. The topological polar surface area (TPSA) is 90.5 Å². The highest BCUT2D eigenvalue weighted by Crippen LogP contribution is 2.74. The number of halogens is 5. The first-order chi connectivity index (χ1) is 15.9. The zero-order valence-electron chi connectivity index (χ0n) is 17.6. The summed E-state index contributed by atoms with van der Waals surface area (Å²) in [4.78, 5) is 25.0. The van der Waals surface area contributed by atoms with E-state index in [9.17, 15) is 36.6 Å². The van der Waals surface area contributed by atoms with E-state index in [1.54, 1.807) is 0 Å². The third-order valence-corrected chi connectivity index (χ3v) is 7.26. The molecular formula is C23H20F5N3O3. The van der Waals surface area contributed by atoms with E-state index < -0.39 is 52.3 Å². The molecule has 6 rings (SSSR count). The van der Waals surface area contributed by atoms with Crippen molar-refractivity contribution < 1.29 is 36.6 Å². The summed E-state index contributed by atoms with van der Waals surface area (Å²) in [5, 5.41) is 18.2. The molecule has 6 nitrogen and oxygen atoms in total. The molecule has 4 aliphatic rings. The van der Waals surface area contributed by atoms with Gasteiger partial charge in [-0.25, -0.2) is 13.6 Å². The lowest BCUT2D eigenvalue weighted by Gasteiger charge is -2.72. The van der Waals surface area contributed by atoms with E-state index in [0.717, 1.165) is 36.4 Å². The molecule has 180 valence electrons. The number of urea groups is 1. The molecule has 11 heteroatoms. The van der Waals surface area contributed by atoms with Crippen LogP contribution in [-0.4, -0.2) is 41.0 Å². The maximum Gasteiger partial charge on any atom is 0.416 e. The van der Waals surface area contributed by atoms with E-state index >= 15 is 0 Å². The molecule has 34 heavy (non-hydrogen) atoms. The van der Waals surface area contributed by atoms with E-state index in [0.29, 0.717) is 0 Å². The summed E-state index contributed by atoms with van der Waals surface area (Å²) in [6.45, 7) is -0.231. The fourth-order valence-electron chi connectivity index (χ4n) is 5.55. The van der Waals surface area contributed by atoms with Crippen molar-refractivity contribution in [3.63, 3.8) is 0 Å². The van der Waals surface area contributed by atoms with Gasteiger partial charge in [-0.2, -0.15) is 13.2 Å². The number of hydrogen-bond donors (Lipinski definition) is 4. The molecule has 3 saturated carbocycles. The van der Waals surface area contributed by atoms with Gasteiger partial charge in [0.05, 0.1) is 5.56 Å². The third-order valence-electron chi connectivity index (χ3n) is 7.26. The number of hydrogen-bond acceptors (Lipinski definition) is 3. The Kier molecular flexibility index (Phi) is 4.74. The molecule has 0 spiro atoms. The van der Waals surface area contributed by atoms with E-state index in [1.807, 2.05) is 0 Å². The Morgan fingerprint density at radius 2 is 1.76 bits per heavy atom. The second-order valence-corrected chi connectivity index (χ2v) is 9.38. The highest BCUT2D eigenvalue weighted by molar-refractivity contribution is 6.01. The van der Waals surface area contributed by atoms with E-state index in [4.69, 9.17) is 0 Å². The molecule has 1 aliphatic heterocycles. The first kappa shape index (κ1) is 22.6. The zero-order valence-corrected chi connectivity index (χ0v) is 17.6. The van der Waals surface area contributed by atoms with Crippen LogP contribution < -0.4 is 16.0 Å². The van der Waals surface area contributed by atoms with E-state index in [-0.39, 0.29) is 42.5 Å². The average molecular weight is 481 g/mol. The molecule has 2 atom stereocenters. The number of benzene rings is 2. The van der Waals surface area contributed by atoms with Gasteiger partial charge in [0, 0.05) is 17.5 Å². The summed E-state index contributed by atoms with van der Waals surface area (Å²) in [5.41, 5.74) is -4.00. The summed E-state index contributed by atoms with van der Waals surface area (Å²) in [5.74, 6) is -1.38. The van der Waals surface area contributed by atoms with Crippen LogP contribution >= 0.6 is 0 Å². The van der Waals surface area contributed by atoms with Crippen molar-refractivity contribution in [2.24, 2.45) is 5.41 Å². The quantitative estimate of drug-likeness (QED) is 0.493. The van der Waals surface area contributed by atoms with Crippen LogP contribution in [0.1, 0.15) is 35.2 Å². The molecule has 0 radical (unpaired) electrons. The molecule has 4 N–H and O–H groups in total. The van der Waals surface area contributed by atoms with Gasteiger partial charge in [0.2, 0.25) is 0 Å². The molecule has 4 fully saturated rings. The van der Waals surface area contributed by atoms with Gasteiger partial charge in [0.15, 0.2) is 6.23 Å². The lowest BCUT2D eigenvalue weighted by atomic mass is 9.36. The Labute approximate surface area is 190 Å². The van der Waals surface area contributed by atoms with Gasteiger partial charge in [-0.15, -0.1) is 0 Å². The van der Waals surface area contributed by atoms with Crippen LogP contribution in [-0.2, 0) is 6.18 Å². The minimum atomic E-state index is -4.55. The number of carbonyl (C=O) groups is 2. The van der Waals surface area contributed by atoms with Crippen molar-refractivity contribution in [2.45, 2.75) is 42.9 Å². The predicted molar refractivity (Wildman–Crippen MR) is 110 cm³/mol. The number of carbonyl (C=O) groups excluding carboxylic acids is 2. The summed E-state index contributed by atoms with van der Waals surface area (Å²) < 4.78 is 66.8. The number of aliphatic hydroxyl groups is 1. The Balaban J connectivity index is 1.41. The van der Waals surface area contributed by atoms with Crippen molar-refractivity contribution in [1.82, 2.24) is 16.0 Å². The molecule has 0 aromatic heterocycles. The summed E-state index contributed by atoms with van der Waals surface area (Å²) in [6, 6.07) is 6.59. The maximum absolute atomic E-state index is 14.2. The lowest BCUT2D eigenvalue weighted by Crippen LogP contribution is -2.81. The van der Waals surface area contributed by atoms with Gasteiger partial charge in [-0.05, 0) is 60.7 Å². The van der Waals surface area contributed by atoms with Crippen molar-refractivity contribution in [3.8, 4) is 11.1 Å². The van der Waals surface area contributed by atoms with Gasteiger partial charge in [-0.1, -0.05) is 12.1 Å². The van der Waals surface area contributed by atoms with Gasteiger partial charge >= 0.3 is 12.2 Å². The lowest BCUT2D eigenvalue weighted by molar-refractivity contribution is -0.265. The number of rotatable bonds is 5. The van der Waals surface area contributed by atoms with Crippen molar-refractivity contribution >= 4 is 11.9 Å². The fraction of sp³-hybridized carbons (Fsp3) is 0.391. The van der Waals surface area contributed by atoms with Gasteiger partial charge in [0.25, 0.3) is 5.91 Å². The van der Waals surface area contributed by atoms with Crippen LogP contribution in [0, 0.1) is 11.2 Å². The van der Waals surface area contributed by atoms with Crippen LogP contribution in [0.5, 0.6) is 0 Å². The molecule has 3 aliphatic carbocycles. The van der Waals surface area contributed by atoms with Crippen LogP contribution in [0.3, 0.4) is 0 Å². The number of alkyl halides is 4. The van der Waals surface area contributed by atoms with Gasteiger partial charge in [0.1, 0.15) is 17.0 Å². The molecule has 1 saturated heterocycles. The van der Waals surface area contributed by atoms with Crippen molar-refractivity contribution in [1.29, 1.82) is 0 Å². The average Bonchev–Trinajstić information content (AvgIpc) is 3.02. The van der Waals surface area contributed by atoms with Crippen molar-refractivity contribution in [3.05, 3.63) is 59.4 Å². The normalized spacial score (nSPS) is 31.7. The minimum absolute atomic E-state index is 0.0114. The summed E-state index contributed by atoms with van der Waals surface area (Å²) in [6.07, 6.45) is -5.49. The Bertz CT molecular complexity index is 1160. The van der Waals surface area contributed by atoms with E-state index in [2.05, 4.69) is 16.0 Å². The SMILES string of the molecule is O=C1NC(O)C(CNC(=O)c2ccc(F)cc2-c2ccc(C(F)(F)F)cc2)(C23CC(F)(C2)C3)N1. The summed E-state index contributed by atoms with van der Waals surface area (Å²) in [7, 11) is 0. The Hall–Kier alpha value is -3.21. The molecule has 2 aromatic carbocycles.